The highest BCUT2D eigenvalue weighted by Gasteiger charge is 2.23. The Hall–Kier alpha value is -2.91. The molecule has 3 amide bonds. The Labute approximate surface area is 170 Å². The zero-order valence-electron chi connectivity index (χ0n) is 16.1. The van der Waals surface area contributed by atoms with Gasteiger partial charge in [0.1, 0.15) is 0 Å². The standard InChI is InChI=1S/C20H24N4O4S/c1-21-20(26)23-16-11-9-15(10-12-16)22-19(25)14-5-4-8-18(13-14)29(27,28)24-17-6-2-3-7-17/h4-5,8-13,17,24H,2-3,6-7H2,1H3,(H,22,25)(H2,21,23,26). The van der Waals surface area contributed by atoms with Crippen molar-refractivity contribution in [3.05, 3.63) is 54.1 Å². The summed E-state index contributed by atoms with van der Waals surface area (Å²) in [5.41, 5.74) is 1.34. The van der Waals surface area contributed by atoms with Crippen molar-refractivity contribution in [1.82, 2.24) is 10.0 Å². The maximum absolute atomic E-state index is 12.6. The number of nitrogens with one attached hydrogen (secondary N) is 4. The average Bonchev–Trinajstić information content (AvgIpc) is 3.21. The van der Waals surface area contributed by atoms with Crippen LogP contribution in [0.15, 0.2) is 53.4 Å². The van der Waals surface area contributed by atoms with Gasteiger partial charge in [-0.3, -0.25) is 4.79 Å². The summed E-state index contributed by atoms with van der Waals surface area (Å²) < 4.78 is 27.9. The number of amides is 3. The molecule has 1 aliphatic rings. The third-order valence-corrected chi connectivity index (χ3v) is 6.23. The molecule has 2 aromatic rings. The molecule has 154 valence electrons. The van der Waals surface area contributed by atoms with Gasteiger partial charge >= 0.3 is 6.03 Å². The lowest BCUT2D eigenvalue weighted by Gasteiger charge is -2.13. The summed E-state index contributed by atoms with van der Waals surface area (Å²) in [6, 6.07) is 12.2. The molecule has 0 saturated heterocycles. The number of hydrogen-bond acceptors (Lipinski definition) is 4. The lowest BCUT2D eigenvalue weighted by atomic mass is 10.2. The van der Waals surface area contributed by atoms with Crippen molar-refractivity contribution in [2.24, 2.45) is 0 Å². The maximum Gasteiger partial charge on any atom is 0.318 e. The van der Waals surface area contributed by atoms with Crippen LogP contribution in [-0.2, 0) is 10.0 Å². The Bertz CT molecular complexity index is 984. The van der Waals surface area contributed by atoms with E-state index in [4.69, 9.17) is 0 Å². The molecule has 0 unspecified atom stereocenters. The molecule has 0 aliphatic heterocycles. The Morgan fingerprint density at radius 1 is 0.931 bits per heavy atom. The van der Waals surface area contributed by atoms with Gasteiger partial charge < -0.3 is 16.0 Å². The van der Waals surface area contributed by atoms with Crippen LogP contribution in [0.2, 0.25) is 0 Å². The molecule has 8 nitrogen and oxygen atoms in total. The first-order chi connectivity index (χ1) is 13.9. The minimum Gasteiger partial charge on any atom is -0.341 e. The summed E-state index contributed by atoms with van der Waals surface area (Å²) in [7, 11) is -2.15. The zero-order chi connectivity index (χ0) is 20.9. The molecule has 1 saturated carbocycles. The number of anilines is 2. The largest absolute Gasteiger partial charge is 0.341 e. The van der Waals surface area contributed by atoms with Gasteiger partial charge in [-0.25, -0.2) is 17.9 Å². The Morgan fingerprint density at radius 2 is 1.55 bits per heavy atom. The third kappa shape index (κ3) is 5.55. The van der Waals surface area contributed by atoms with Crippen LogP contribution in [0.1, 0.15) is 36.0 Å². The van der Waals surface area contributed by atoms with Crippen LogP contribution in [0.4, 0.5) is 16.2 Å². The highest BCUT2D eigenvalue weighted by atomic mass is 32.2. The molecule has 0 heterocycles. The first-order valence-corrected chi connectivity index (χ1v) is 10.9. The predicted molar refractivity (Wildman–Crippen MR) is 111 cm³/mol. The van der Waals surface area contributed by atoms with Crippen LogP contribution in [0.25, 0.3) is 0 Å². The Morgan fingerprint density at radius 3 is 2.17 bits per heavy atom. The Balaban J connectivity index is 1.68. The average molecular weight is 417 g/mol. The van der Waals surface area contributed by atoms with Gasteiger partial charge in [-0.1, -0.05) is 18.9 Å². The van der Waals surface area contributed by atoms with Crippen molar-refractivity contribution < 1.29 is 18.0 Å². The minimum absolute atomic E-state index is 0.0422. The molecule has 0 bridgehead atoms. The van der Waals surface area contributed by atoms with Gasteiger partial charge in [0.25, 0.3) is 5.91 Å². The highest BCUT2D eigenvalue weighted by molar-refractivity contribution is 7.89. The SMILES string of the molecule is CNC(=O)Nc1ccc(NC(=O)c2cccc(S(=O)(=O)NC3CCCC3)c2)cc1. The van der Waals surface area contributed by atoms with E-state index in [1.165, 1.54) is 19.2 Å². The van der Waals surface area contributed by atoms with Crippen LogP contribution in [-0.4, -0.2) is 33.4 Å². The topological polar surface area (TPSA) is 116 Å². The number of sulfonamides is 1. The van der Waals surface area contributed by atoms with E-state index in [-0.39, 0.29) is 22.5 Å². The summed E-state index contributed by atoms with van der Waals surface area (Å²) in [4.78, 5) is 23.9. The van der Waals surface area contributed by atoms with E-state index in [1.807, 2.05) is 0 Å². The summed E-state index contributed by atoms with van der Waals surface area (Å²) in [5, 5.41) is 7.79. The van der Waals surface area contributed by atoms with Crippen LogP contribution >= 0.6 is 0 Å². The number of carbonyl (C=O) groups excluding carboxylic acids is 2. The Kier molecular flexibility index (Phi) is 6.50. The molecule has 0 aromatic heterocycles. The van der Waals surface area contributed by atoms with Gasteiger partial charge in [-0.15, -0.1) is 0 Å². The molecular formula is C20H24N4O4S. The molecule has 2 aromatic carbocycles. The number of hydrogen-bond donors (Lipinski definition) is 4. The highest BCUT2D eigenvalue weighted by Crippen LogP contribution is 2.21. The van der Waals surface area contributed by atoms with Gasteiger partial charge in [0.2, 0.25) is 10.0 Å². The van der Waals surface area contributed by atoms with Crippen molar-refractivity contribution in [3.8, 4) is 0 Å². The van der Waals surface area contributed by atoms with Crippen LogP contribution in [0.3, 0.4) is 0 Å². The molecule has 0 radical (unpaired) electrons. The van der Waals surface area contributed by atoms with Crippen LogP contribution < -0.4 is 20.7 Å². The van der Waals surface area contributed by atoms with E-state index in [1.54, 1.807) is 36.4 Å². The van der Waals surface area contributed by atoms with E-state index >= 15 is 0 Å². The molecule has 1 fully saturated rings. The maximum atomic E-state index is 12.6. The van der Waals surface area contributed by atoms with Crippen molar-refractivity contribution in [1.29, 1.82) is 0 Å². The van der Waals surface area contributed by atoms with E-state index in [0.29, 0.717) is 11.4 Å². The van der Waals surface area contributed by atoms with Crippen molar-refractivity contribution in [2.75, 3.05) is 17.7 Å². The van der Waals surface area contributed by atoms with E-state index in [2.05, 4.69) is 20.7 Å². The fourth-order valence-electron chi connectivity index (χ4n) is 3.17. The molecule has 3 rings (SSSR count). The molecule has 1 aliphatic carbocycles. The lowest BCUT2D eigenvalue weighted by molar-refractivity contribution is 0.102. The van der Waals surface area contributed by atoms with Crippen molar-refractivity contribution >= 4 is 33.3 Å². The second-order valence-electron chi connectivity index (χ2n) is 6.87. The monoisotopic (exact) mass is 416 g/mol. The summed E-state index contributed by atoms with van der Waals surface area (Å²) in [6.07, 6.45) is 3.72. The number of carbonyl (C=O) groups is 2. The molecule has 4 N–H and O–H groups in total. The van der Waals surface area contributed by atoms with Crippen LogP contribution in [0, 0.1) is 0 Å². The van der Waals surface area contributed by atoms with Crippen molar-refractivity contribution in [3.63, 3.8) is 0 Å². The first-order valence-electron chi connectivity index (χ1n) is 9.40. The summed E-state index contributed by atoms with van der Waals surface area (Å²) >= 11 is 0. The third-order valence-electron chi connectivity index (χ3n) is 4.71. The molecule has 9 heteroatoms. The zero-order valence-corrected chi connectivity index (χ0v) is 16.9. The second kappa shape index (κ2) is 9.06. The normalized spacial score (nSPS) is 14.4. The van der Waals surface area contributed by atoms with Gasteiger partial charge in [-0.2, -0.15) is 0 Å². The van der Waals surface area contributed by atoms with E-state index < -0.39 is 15.9 Å². The number of rotatable bonds is 6. The lowest BCUT2D eigenvalue weighted by Crippen LogP contribution is -2.32. The fourth-order valence-corrected chi connectivity index (χ4v) is 4.52. The first kappa shape index (κ1) is 20.8. The summed E-state index contributed by atoms with van der Waals surface area (Å²) in [5.74, 6) is -0.421. The second-order valence-corrected chi connectivity index (χ2v) is 8.58. The van der Waals surface area contributed by atoms with Gasteiger partial charge in [0, 0.05) is 30.0 Å². The van der Waals surface area contributed by atoms with Gasteiger partial charge in [-0.05, 0) is 55.3 Å². The molecule has 0 atom stereocenters. The van der Waals surface area contributed by atoms with Gasteiger partial charge in [0.15, 0.2) is 0 Å². The van der Waals surface area contributed by atoms with E-state index in [9.17, 15) is 18.0 Å². The van der Waals surface area contributed by atoms with Crippen LogP contribution in [0.5, 0.6) is 0 Å². The quantitative estimate of drug-likeness (QED) is 0.579. The van der Waals surface area contributed by atoms with E-state index in [0.717, 1.165) is 25.7 Å². The fraction of sp³-hybridized carbons (Fsp3) is 0.300. The summed E-state index contributed by atoms with van der Waals surface area (Å²) in [6.45, 7) is 0. The van der Waals surface area contributed by atoms with Crippen molar-refractivity contribution in [2.45, 2.75) is 36.6 Å². The minimum atomic E-state index is -3.67. The molecule has 0 spiro atoms. The smallest absolute Gasteiger partial charge is 0.318 e. The van der Waals surface area contributed by atoms with Gasteiger partial charge in [0.05, 0.1) is 4.90 Å². The number of urea groups is 1. The molecule has 29 heavy (non-hydrogen) atoms. The molecular weight excluding hydrogens is 392 g/mol. The predicted octanol–water partition coefficient (Wildman–Crippen LogP) is 2.91. The number of benzene rings is 2.